The van der Waals surface area contributed by atoms with E-state index < -0.39 is 0 Å². The summed E-state index contributed by atoms with van der Waals surface area (Å²) in [6.45, 7) is 3.11. The SMILES string of the molecule is CCCCCCCCN.[H-].[Na+]. The summed E-state index contributed by atoms with van der Waals surface area (Å²) in [5, 5.41) is 0. The quantitative estimate of drug-likeness (QED) is 0.401. The second kappa shape index (κ2) is 12.6. The summed E-state index contributed by atoms with van der Waals surface area (Å²) in [7, 11) is 0. The van der Waals surface area contributed by atoms with E-state index in [1.807, 2.05) is 0 Å². The fraction of sp³-hybridized carbons (Fsp3) is 1.00. The average molecular weight is 153 g/mol. The van der Waals surface area contributed by atoms with Crippen LogP contribution in [0.4, 0.5) is 0 Å². The van der Waals surface area contributed by atoms with Gasteiger partial charge < -0.3 is 7.16 Å². The van der Waals surface area contributed by atoms with Crippen molar-refractivity contribution in [3.63, 3.8) is 0 Å². The molecule has 0 aliphatic rings. The first-order chi connectivity index (χ1) is 4.41. The third kappa shape index (κ3) is 11.7. The van der Waals surface area contributed by atoms with Gasteiger partial charge in [-0.1, -0.05) is 39.0 Å². The second-order valence-electron chi connectivity index (χ2n) is 2.56. The van der Waals surface area contributed by atoms with Crippen molar-refractivity contribution in [3.8, 4) is 0 Å². The Labute approximate surface area is 88.5 Å². The average Bonchev–Trinajstić information content (AvgIpc) is 1.89. The maximum Gasteiger partial charge on any atom is 1.00 e. The Morgan fingerprint density at radius 1 is 1.00 bits per heavy atom. The number of rotatable bonds is 6. The van der Waals surface area contributed by atoms with Crippen molar-refractivity contribution in [1.29, 1.82) is 0 Å². The van der Waals surface area contributed by atoms with Crippen molar-refractivity contribution in [2.45, 2.75) is 45.4 Å². The number of nitrogens with two attached hydrogens (primary N) is 1. The van der Waals surface area contributed by atoms with Gasteiger partial charge in [0.2, 0.25) is 0 Å². The molecular weight excluding hydrogens is 133 g/mol. The van der Waals surface area contributed by atoms with Crippen molar-refractivity contribution in [2.75, 3.05) is 6.54 Å². The summed E-state index contributed by atoms with van der Waals surface area (Å²) in [6, 6.07) is 0. The molecule has 0 fully saturated rings. The zero-order valence-electron chi connectivity index (χ0n) is 8.53. The Kier molecular flexibility index (Phi) is 17.1. The van der Waals surface area contributed by atoms with E-state index in [-0.39, 0.29) is 31.0 Å². The van der Waals surface area contributed by atoms with Crippen LogP contribution in [0, 0.1) is 0 Å². The molecule has 0 bridgehead atoms. The van der Waals surface area contributed by atoms with Gasteiger partial charge in [0.05, 0.1) is 0 Å². The summed E-state index contributed by atoms with van der Waals surface area (Å²) < 4.78 is 0. The topological polar surface area (TPSA) is 26.0 Å². The van der Waals surface area contributed by atoms with Crippen LogP contribution in [0.5, 0.6) is 0 Å². The maximum absolute atomic E-state index is 5.34. The Morgan fingerprint density at radius 3 is 2.00 bits per heavy atom. The predicted molar refractivity (Wildman–Crippen MR) is 43.5 cm³/mol. The van der Waals surface area contributed by atoms with E-state index >= 15 is 0 Å². The fourth-order valence-electron chi connectivity index (χ4n) is 0.925. The Hall–Kier alpha value is 0.960. The van der Waals surface area contributed by atoms with Crippen LogP contribution in [0.3, 0.4) is 0 Å². The van der Waals surface area contributed by atoms with E-state index in [1.165, 1.54) is 38.5 Å². The molecule has 0 saturated heterocycles. The molecule has 10 heavy (non-hydrogen) atoms. The van der Waals surface area contributed by atoms with Gasteiger partial charge in [-0.15, -0.1) is 0 Å². The van der Waals surface area contributed by atoms with Crippen molar-refractivity contribution in [2.24, 2.45) is 5.73 Å². The van der Waals surface area contributed by atoms with Gasteiger partial charge in [0, 0.05) is 0 Å². The molecule has 0 radical (unpaired) electrons. The monoisotopic (exact) mass is 153 g/mol. The first kappa shape index (κ1) is 13.5. The van der Waals surface area contributed by atoms with Gasteiger partial charge in [-0.3, -0.25) is 0 Å². The minimum absolute atomic E-state index is 0. The van der Waals surface area contributed by atoms with Crippen molar-refractivity contribution in [3.05, 3.63) is 0 Å². The van der Waals surface area contributed by atoms with Gasteiger partial charge in [-0.05, 0) is 13.0 Å². The molecule has 0 aromatic rings. The van der Waals surface area contributed by atoms with E-state index in [0.717, 1.165) is 6.54 Å². The smallest absolute Gasteiger partial charge is 1.00 e. The molecule has 1 nitrogen and oxygen atoms in total. The Morgan fingerprint density at radius 2 is 1.50 bits per heavy atom. The fourth-order valence-corrected chi connectivity index (χ4v) is 0.925. The van der Waals surface area contributed by atoms with Crippen LogP contribution in [-0.2, 0) is 0 Å². The summed E-state index contributed by atoms with van der Waals surface area (Å²) in [4.78, 5) is 0. The van der Waals surface area contributed by atoms with Crippen LogP contribution in [0.15, 0.2) is 0 Å². The van der Waals surface area contributed by atoms with Gasteiger partial charge in [0.25, 0.3) is 0 Å². The third-order valence-electron chi connectivity index (χ3n) is 1.56. The van der Waals surface area contributed by atoms with Gasteiger partial charge in [0.1, 0.15) is 0 Å². The largest absolute Gasteiger partial charge is 1.00 e. The van der Waals surface area contributed by atoms with Crippen LogP contribution in [0.1, 0.15) is 46.9 Å². The summed E-state index contributed by atoms with van der Waals surface area (Å²) in [5.74, 6) is 0. The molecule has 2 N–H and O–H groups in total. The molecule has 0 saturated carbocycles. The van der Waals surface area contributed by atoms with Crippen LogP contribution in [-0.4, -0.2) is 6.54 Å². The predicted octanol–water partition coefficient (Wildman–Crippen LogP) is -0.578. The van der Waals surface area contributed by atoms with Gasteiger partial charge in [-0.25, -0.2) is 0 Å². The first-order valence-corrected chi connectivity index (χ1v) is 4.12. The molecule has 2 heteroatoms. The summed E-state index contributed by atoms with van der Waals surface area (Å²) in [5.41, 5.74) is 5.34. The molecule has 0 rings (SSSR count). The molecule has 0 aliphatic heterocycles. The molecule has 58 valence electrons. The zero-order valence-corrected chi connectivity index (χ0v) is 9.53. The molecule has 0 aliphatic carbocycles. The van der Waals surface area contributed by atoms with E-state index in [4.69, 9.17) is 5.73 Å². The van der Waals surface area contributed by atoms with Crippen LogP contribution in [0.2, 0.25) is 0 Å². The molecular formula is C8H20NNa. The number of unbranched alkanes of at least 4 members (excludes halogenated alkanes) is 5. The van der Waals surface area contributed by atoms with Crippen molar-refractivity contribution in [1.82, 2.24) is 0 Å². The molecule has 0 unspecified atom stereocenters. The standard InChI is InChI=1S/C8H19N.Na.H/c1-2-3-4-5-6-7-8-9;;/h2-9H2,1H3;;/q;+1;-1. The summed E-state index contributed by atoms with van der Waals surface area (Å²) >= 11 is 0. The van der Waals surface area contributed by atoms with Gasteiger partial charge in [0.15, 0.2) is 0 Å². The normalized spacial score (nSPS) is 9.00. The maximum atomic E-state index is 5.34. The second-order valence-corrected chi connectivity index (χ2v) is 2.56. The van der Waals surface area contributed by atoms with E-state index in [0.29, 0.717) is 0 Å². The minimum atomic E-state index is 0. The minimum Gasteiger partial charge on any atom is -1.00 e. The van der Waals surface area contributed by atoms with Gasteiger partial charge >= 0.3 is 29.6 Å². The van der Waals surface area contributed by atoms with E-state index in [9.17, 15) is 0 Å². The van der Waals surface area contributed by atoms with Crippen LogP contribution in [0.25, 0.3) is 0 Å². The number of hydrogen-bond acceptors (Lipinski definition) is 1. The molecule has 0 aromatic heterocycles. The third-order valence-corrected chi connectivity index (χ3v) is 1.56. The zero-order chi connectivity index (χ0) is 6.95. The molecule has 0 spiro atoms. The van der Waals surface area contributed by atoms with Crippen molar-refractivity contribution < 1.29 is 31.0 Å². The Balaban J connectivity index is -0.000000320. The van der Waals surface area contributed by atoms with Crippen molar-refractivity contribution >= 4 is 0 Å². The van der Waals surface area contributed by atoms with Crippen LogP contribution >= 0.6 is 0 Å². The Bertz CT molecular complexity index is 47.4. The summed E-state index contributed by atoms with van der Waals surface area (Å²) in [6.07, 6.45) is 8.05. The van der Waals surface area contributed by atoms with E-state index in [2.05, 4.69) is 6.92 Å². The molecule has 0 atom stereocenters. The van der Waals surface area contributed by atoms with E-state index in [1.54, 1.807) is 0 Å². The first-order valence-electron chi connectivity index (χ1n) is 4.12. The number of hydrogen-bond donors (Lipinski definition) is 1. The van der Waals surface area contributed by atoms with Gasteiger partial charge in [-0.2, -0.15) is 0 Å². The molecule has 0 aromatic carbocycles. The molecule has 0 amide bonds. The van der Waals surface area contributed by atoms with Crippen LogP contribution < -0.4 is 35.3 Å². The molecule has 0 heterocycles.